The fourth-order valence-corrected chi connectivity index (χ4v) is 4.06. The van der Waals surface area contributed by atoms with Gasteiger partial charge in [0.1, 0.15) is 5.82 Å². The van der Waals surface area contributed by atoms with Crippen molar-refractivity contribution in [3.05, 3.63) is 70.4 Å². The highest BCUT2D eigenvalue weighted by atomic mass is 16.1. The van der Waals surface area contributed by atoms with Gasteiger partial charge in [0.15, 0.2) is 5.78 Å². The van der Waals surface area contributed by atoms with Crippen LogP contribution >= 0.6 is 0 Å². The van der Waals surface area contributed by atoms with Gasteiger partial charge >= 0.3 is 0 Å². The number of hydrogen-bond acceptors (Lipinski definition) is 5. The molecule has 2 aromatic carbocycles. The summed E-state index contributed by atoms with van der Waals surface area (Å²) in [6.07, 6.45) is 1.23. The van der Waals surface area contributed by atoms with Crippen molar-refractivity contribution < 1.29 is 4.79 Å². The van der Waals surface area contributed by atoms with E-state index < -0.39 is 0 Å². The highest BCUT2D eigenvalue weighted by Crippen LogP contribution is 2.38. The van der Waals surface area contributed by atoms with Gasteiger partial charge in [0.05, 0.1) is 11.3 Å². The van der Waals surface area contributed by atoms with Crippen molar-refractivity contribution in [3.8, 4) is 0 Å². The summed E-state index contributed by atoms with van der Waals surface area (Å²) in [7, 11) is 0. The van der Waals surface area contributed by atoms with Crippen LogP contribution < -0.4 is 10.6 Å². The van der Waals surface area contributed by atoms with Gasteiger partial charge in [-0.15, -0.1) is 0 Å². The Labute approximate surface area is 178 Å². The van der Waals surface area contributed by atoms with Crippen LogP contribution in [0.15, 0.2) is 42.5 Å². The molecule has 1 aliphatic carbocycles. The Hall–Kier alpha value is -3.21. The highest BCUT2D eigenvalue weighted by molar-refractivity contribution is 6.03. The van der Waals surface area contributed by atoms with Crippen LogP contribution in [0.3, 0.4) is 0 Å². The maximum atomic E-state index is 13.0. The van der Waals surface area contributed by atoms with Gasteiger partial charge in [0, 0.05) is 17.8 Å². The Morgan fingerprint density at radius 1 is 0.800 bits per heavy atom. The first-order chi connectivity index (χ1) is 14.2. The SMILES string of the molecule is Cc1ccc(Nc2nc3c(c(Nc4cc(C)cc(C)c4)n2)C(=O)CC(C)(C)C3)cc1. The fraction of sp³-hybridized carbons (Fsp3) is 0.320. The maximum absolute atomic E-state index is 13.0. The minimum absolute atomic E-state index is 0.0926. The van der Waals surface area contributed by atoms with E-state index >= 15 is 0 Å². The minimum atomic E-state index is -0.114. The predicted octanol–water partition coefficient (Wildman–Crippen LogP) is 6.04. The zero-order chi connectivity index (χ0) is 21.5. The molecular formula is C25H28N4O. The molecule has 5 nitrogen and oxygen atoms in total. The van der Waals surface area contributed by atoms with Gasteiger partial charge in [-0.2, -0.15) is 4.98 Å². The first kappa shape index (κ1) is 20.1. The Balaban J connectivity index is 1.78. The number of aromatic nitrogens is 2. The molecule has 0 unspecified atom stereocenters. The third-order valence-corrected chi connectivity index (χ3v) is 5.34. The molecule has 0 fully saturated rings. The number of benzene rings is 2. The van der Waals surface area contributed by atoms with Gasteiger partial charge in [0.25, 0.3) is 0 Å². The van der Waals surface area contributed by atoms with E-state index in [2.05, 4.69) is 63.5 Å². The topological polar surface area (TPSA) is 66.9 Å². The third-order valence-electron chi connectivity index (χ3n) is 5.34. The zero-order valence-corrected chi connectivity index (χ0v) is 18.3. The average Bonchev–Trinajstić information content (AvgIpc) is 2.61. The van der Waals surface area contributed by atoms with Crippen molar-refractivity contribution in [1.29, 1.82) is 0 Å². The summed E-state index contributed by atoms with van der Waals surface area (Å²) in [4.78, 5) is 22.4. The fourth-order valence-electron chi connectivity index (χ4n) is 4.06. The molecule has 5 heteroatoms. The van der Waals surface area contributed by atoms with E-state index in [-0.39, 0.29) is 11.2 Å². The summed E-state index contributed by atoms with van der Waals surface area (Å²) in [5.41, 5.74) is 6.65. The molecule has 3 aromatic rings. The molecule has 1 aliphatic rings. The zero-order valence-electron chi connectivity index (χ0n) is 18.3. The smallest absolute Gasteiger partial charge is 0.229 e. The van der Waals surface area contributed by atoms with Crippen LogP contribution in [-0.4, -0.2) is 15.8 Å². The van der Waals surface area contributed by atoms with E-state index in [4.69, 9.17) is 9.97 Å². The lowest BCUT2D eigenvalue weighted by Gasteiger charge is -2.30. The van der Waals surface area contributed by atoms with E-state index in [0.29, 0.717) is 23.8 Å². The van der Waals surface area contributed by atoms with E-state index in [1.807, 2.05) is 24.3 Å². The van der Waals surface area contributed by atoms with Crippen LogP contribution in [0.5, 0.6) is 0 Å². The lowest BCUT2D eigenvalue weighted by atomic mass is 9.75. The van der Waals surface area contributed by atoms with Gasteiger partial charge in [0.2, 0.25) is 5.95 Å². The summed E-state index contributed by atoms with van der Waals surface area (Å²) in [5, 5.41) is 6.69. The van der Waals surface area contributed by atoms with E-state index in [9.17, 15) is 4.79 Å². The molecule has 1 aromatic heterocycles. The van der Waals surface area contributed by atoms with Gasteiger partial charge in [-0.25, -0.2) is 4.98 Å². The second kappa shape index (κ2) is 7.56. The maximum Gasteiger partial charge on any atom is 0.229 e. The summed E-state index contributed by atoms with van der Waals surface area (Å²) >= 11 is 0. The molecule has 0 saturated heterocycles. The third kappa shape index (κ3) is 4.35. The lowest BCUT2D eigenvalue weighted by molar-refractivity contribution is 0.0911. The Kier molecular flexibility index (Phi) is 5.06. The Morgan fingerprint density at radius 2 is 1.47 bits per heavy atom. The monoisotopic (exact) mass is 400 g/mol. The number of ketones is 1. The molecule has 0 atom stereocenters. The van der Waals surface area contributed by atoms with Crippen LogP contribution in [0.4, 0.5) is 23.1 Å². The molecule has 30 heavy (non-hydrogen) atoms. The number of carbonyl (C=O) groups is 1. The Bertz CT molecular complexity index is 1100. The minimum Gasteiger partial charge on any atom is -0.339 e. The first-order valence-electron chi connectivity index (χ1n) is 10.3. The first-order valence-corrected chi connectivity index (χ1v) is 10.3. The van der Waals surface area contributed by atoms with Crippen LogP contribution in [0.25, 0.3) is 0 Å². The number of nitrogens with one attached hydrogen (secondary N) is 2. The van der Waals surface area contributed by atoms with Crippen molar-refractivity contribution in [1.82, 2.24) is 9.97 Å². The number of rotatable bonds is 4. The molecule has 1 heterocycles. The van der Waals surface area contributed by atoms with Crippen LogP contribution in [0.2, 0.25) is 0 Å². The molecule has 0 saturated carbocycles. The van der Waals surface area contributed by atoms with Crippen molar-refractivity contribution in [2.75, 3.05) is 10.6 Å². The number of hydrogen-bond donors (Lipinski definition) is 2. The molecule has 4 rings (SSSR count). The van der Waals surface area contributed by atoms with Crippen LogP contribution in [0, 0.1) is 26.2 Å². The standard InChI is InChI=1S/C25H28N4O/c1-15-6-8-18(9-7-15)27-24-28-20-13-25(4,5)14-21(30)22(20)23(29-24)26-19-11-16(2)10-17(3)12-19/h6-12H,13-14H2,1-5H3,(H2,26,27,28,29). The van der Waals surface area contributed by atoms with Crippen LogP contribution in [0.1, 0.15) is 53.0 Å². The molecule has 0 aliphatic heterocycles. The highest BCUT2D eigenvalue weighted by Gasteiger charge is 2.35. The number of fused-ring (bicyclic) bond motifs is 1. The molecule has 0 radical (unpaired) electrons. The number of anilines is 4. The number of nitrogens with zero attached hydrogens (tertiary/aromatic N) is 2. The van der Waals surface area contributed by atoms with Crippen molar-refractivity contribution >= 4 is 28.9 Å². The quantitative estimate of drug-likeness (QED) is 0.558. The summed E-state index contributed by atoms with van der Waals surface area (Å²) in [5.74, 6) is 1.16. The number of Topliss-reactive ketones (excluding diaryl/α,β-unsaturated/α-hetero) is 1. The average molecular weight is 401 g/mol. The van der Waals surface area contributed by atoms with Crippen molar-refractivity contribution in [2.45, 2.75) is 47.5 Å². The lowest BCUT2D eigenvalue weighted by Crippen LogP contribution is -2.29. The van der Waals surface area contributed by atoms with E-state index in [0.717, 1.165) is 34.6 Å². The van der Waals surface area contributed by atoms with Gasteiger partial charge in [-0.05, 0) is 68.0 Å². The van der Waals surface area contributed by atoms with Gasteiger partial charge in [-0.3, -0.25) is 4.79 Å². The van der Waals surface area contributed by atoms with Crippen LogP contribution in [-0.2, 0) is 6.42 Å². The van der Waals surface area contributed by atoms with E-state index in [1.54, 1.807) is 0 Å². The Morgan fingerprint density at radius 3 is 2.13 bits per heavy atom. The normalized spacial score (nSPS) is 14.9. The second-order valence-electron chi connectivity index (χ2n) is 9.15. The molecular weight excluding hydrogens is 372 g/mol. The second-order valence-corrected chi connectivity index (χ2v) is 9.15. The van der Waals surface area contributed by atoms with Gasteiger partial charge in [-0.1, -0.05) is 37.6 Å². The number of carbonyl (C=O) groups excluding carboxylic acids is 1. The molecule has 0 spiro atoms. The summed E-state index contributed by atoms with van der Waals surface area (Å²) in [6, 6.07) is 14.3. The largest absolute Gasteiger partial charge is 0.339 e. The van der Waals surface area contributed by atoms with E-state index in [1.165, 1.54) is 5.56 Å². The van der Waals surface area contributed by atoms with Gasteiger partial charge < -0.3 is 10.6 Å². The molecule has 154 valence electrons. The van der Waals surface area contributed by atoms with Crippen molar-refractivity contribution in [2.24, 2.45) is 5.41 Å². The van der Waals surface area contributed by atoms with Crippen molar-refractivity contribution in [3.63, 3.8) is 0 Å². The molecule has 2 N–H and O–H groups in total. The molecule has 0 bridgehead atoms. The predicted molar refractivity (Wildman–Crippen MR) is 122 cm³/mol. The summed E-state index contributed by atoms with van der Waals surface area (Å²) in [6.45, 7) is 10.4. The summed E-state index contributed by atoms with van der Waals surface area (Å²) < 4.78 is 0. The number of aryl methyl sites for hydroxylation is 3. The molecule has 0 amide bonds.